The lowest BCUT2D eigenvalue weighted by atomic mass is 10.3. The summed E-state index contributed by atoms with van der Waals surface area (Å²) in [6.07, 6.45) is 0. The standard InChI is InChI=1S/C16H17N2O8P/c1-3-25-15-7-5-11(9-13(15)17(19)20)27(23,24)12-6-8-16(26-4-2)14(10-12)18(21)22/h5-10H,3-4H2,1-2H3,(H,23,24). The predicted octanol–water partition coefficient (Wildman–Crippen LogP) is 2.52. The van der Waals surface area contributed by atoms with Crippen LogP contribution in [0.25, 0.3) is 0 Å². The zero-order valence-electron chi connectivity index (χ0n) is 14.5. The predicted molar refractivity (Wildman–Crippen MR) is 97.6 cm³/mol. The van der Waals surface area contributed by atoms with Gasteiger partial charge in [0.05, 0.1) is 23.1 Å². The maximum absolute atomic E-state index is 12.9. The monoisotopic (exact) mass is 396 g/mol. The molecular formula is C16H17N2O8P. The molecule has 0 amide bonds. The molecule has 1 N–H and O–H groups in total. The first kappa shape index (κ1) is 20.3. The van der Waals surface area contributed by atoms with Crippen LogP contribution in [0.3, 0.4) is 0 Å². The summed E-state index contributed by atoms with van der Waals surface area (Å²) in [6.45, 7) is 3.66. The highest BCUT2D eigenvalue weighted by molar-refractivity contribution is 7.73. The summed E-state index contributed by atoms with van der Waals surface area (Å²) in [7, 11) is -4.33. The quantitative estimate of drug-likeness (QED) is 0.407. The van der Waals surface area contributed by atoms with E-state index in [1.807, 2.05) is 0 Å². The smallest absolute Gasteiger partial charge is 0.311 e. The van der Waals surface area contributed by atoms with E-state index in [4.69, 9.17) is 9.47 Å². The lowest BCUT2D eigenvalue weighted by Gasteiger charge is -2.14. The van der Waals surface area contributed by atoms with Crippen LogP contribution < -0.4 is 20.1 Å². The highest BCUT2D eigenvalue weighted by atomic mass is 31.2. The van der Waals surface area contributed by atoms with Gasteiger partial charge in [0.15, 0.2) is 11.5 Å². The van der Waals surface area contributed by atoms with Crippen LogP contribution in [0.5, 0.6) is 11.5 Å². The van der Waals surface area contributed by atoms with Crippen molar-refractivity contribution in [2.24, 2.45) is 0 Å². The summed E-state index contributed by atoms with van der Waals surface area (Å²) in [5, 5.41) is 22.0. The van der Waals surface area contributed by atoms with Gasteiger partial charge in [-0.1, -0.05) is 0 Å². The Morgan fingerprint density at radius 1 is 0.889 bits per heavy atom. The van der Waals surface area contributed by atoms with Crippen LogP contribution in [0.4, 0.5) is 11.4 Å². The van der Waals surface area contributed by atoms with Gasteiger partial charge in [0, 0.05) is 22.7 Å². The average Bonchev–Trinajstić information content (AvgIpc) is 2.62. The molecule has 0 saturated heterocycles. The number of benzene rings is 2. The van der Waals surface area contributed by atoms with Crippen molar-refractivity contribution in [1.29, 1.82) is 0 Å². The van der Waals surface area contributed by atoms with E-state index >= 15 is 0 Å². The van der Waals surface area contributed by atoms with E-state index in [1.165, 1.54) is 24.3 Å². The number of hydrogen-bond donors (Lipinski definition) is 1. The fourth-order valence-corrected chi connectivity index (χ4v) is 3.82. The van der Waals surface area contributed by atoms with Gasteiger partial charge >= 0.3 is 11.4 Å². The number of ether oxygens (including phenoxy) is 2. The lowest BCUT2D eigenvalue weighted by molar-refractivity contribution is -0.385. The summed E-state index contributed by atoms with van der Waals surface area (Å²) in [5.74, 6) is -0.0761. The second-order valence-corrected chi connectivity index (χ2v) is 7.45. The Morgan fingerprint density at radius 3 is 1.56 bits per heavy atom. The van der Waals surface area contributed by atoms with Crippen LogP contribution in [-0.4, -0.2) is 28.0 Å². The van der Waals surface area contributed by atoms with Gasteiger partial charge < -0.3 is 14.4 Å². The van der Waals surface area contributed by atoms with Crippen LogP contribution in [0.2, 0.25) is 0 Å². The van der Waals surface area contributed by atoms with Crippen molar-refractivity contribution in [1.82, 2.24) is 0 Å². The molecule has 0 aliphatic heterocycles. The molecule has 11 heteroatoms. The lowest BCUT2D eigenvalue weighted by Crippen LogP contribution is -2.17. The van der Waals surface area contributed by atoms with Gasteiger partial charge in [-0.05, 0) is 38.1 Å². The van der Waals surface area contributed by atoms with Gasteiger partial charge in [-0.15, -0.1) is 0 Å². The Balaban J connectivity index is 2.57. The van der Waals surface area contributed by atoms with E-state index in [0.29, 0.717) is 0 Å². The van der Waals surface area contributed by atoms with Gasteiger partial charge in [-0.25, -0.2) is 0 Å². The molecular weight excluding hydrogens is 379 g/mol. The van der Waals surface area contributed by atoms with Crippen molar-refractivity contribution in [3.8, 4) is 11.5 Å². The molecule has 0 atom stereocenters. The van der Waals surface area contributed by atoms with Crippen LogP contribution in [0.15, 0.2) is 36.4 Å². The first-order valence-corrected chi connectivity index (χ1v) is 9.54. The largest absolute Gasteiger partial charge is 0.487 e. The molecule has 2 rings (SSSR count). The fraction of sp³-hybridized carbons (Fsp3) is 0.250. The van der Waals surface area contributed by atoms with Gasteiger partial charge in [0.25, 0.3) is 7.37 Å². The van der Waals surface area contributed by atoms with Crippen LogP contribution in [0.1, 0.15) is 13.8 Å². The minimum absolute atomic E-state index is 0.0380. The van der Waals surface area contributed by atoms with Crippen LogP contribution >= 0.6 is 7.37 Å². The molecule has 0 radical (unpaired) electrons. The number of hydrogen-bond acceptors (Lipinski definition) is 7. The van der Waals surface area contributed by atoms with Crippen molar-refractivity contribution >= 4 is 29.4 Å². The third-order valence-electron chi connectivity index (χ3n) is 3.58. The van der Waals surface area contributed by atoms with E-state index in [0.717, 1.165) is 12.1 Å². The first-order valence-electron chi connectivity index (χ1n) is 7.88. The first-order chi connectivity index (χ1) is 12.7. The van der Waals surface area contributed by atoms with Crippen LogP contribution in [0, 0.1) is 20.2 Å². The van der Waals surface area contributed by atoms with Crippen molar-refractivity contribution in [2.75, 3.05) is 13.2 Å². The molecule has 10 nitrogen and oxygen atoms in total. The summed E-state index contributed by atoms with van der Waals surface area (Å²) in [4.78, 5) is 31.5. The second kappa shape index (κ2) is 8.15. The molecule has 144 valence electrons. The molecule has 27 heavy (non-hydrogen) atoms. The molecule has 0 unspecified atom stereocenters. The molecule has 0 fully saturated rings. The third-order valence-corrected chi connectivity index (χ3v) is 5.53. The topological polar surface area (TPSA) is 142 Å². The van der Waals surface area contributed by atoms with E-state index in [1.54, 1.807) is 13.8 Å². The zero-order chi connectivity index (χ0) is 20.2. The molecule has 2 aromatic rings. The summed E-state index contributed by atoms with van der Waals surface area (Å²) in [6, 6.07) is 6.77. The highest BCUT2D eigenvalue weighted by Crippen LogP contribution is 2.42. The Morgan fingerprint density at radius 2 is 1.26 bits per heavy atom. The number of rotatable bonds is 8. The maximum Gasteiger partial charge on any atom is 0.311 e. The molecule has 0 aliphatic carbocycles. The Kier molecular flexibility index (Phi) is 6.14. The summed E-state index contributed by atoms with van der Waals surface area (Å²) < 4.78 is 23.2. The summed E-state index contributed by atoms with van der Waals surface area (Å²) >= 11 is 0. The molecule has 0 spiro atoms. The van der Waals surface area contributed by atoms with E-state index in [9.17, 15) is 29.7 Å². The maximum atomic E-state index is 12.9. The van der Waals surface area contributed by atoms with Gasteiger partial charge in [-0.2, -0.15) is 0 Å². The van der Waals surface area contributed by atoms with Gasteiger partial charge in [0.2, 0.25) is 0 Å². The Hall–Kier alpha value is -2.97. The van der Waals surface area contributed by atoms with Crippen molar-refractivity contribution in [3.05, 3.63) is 56.6 Å². The van der Waals surface area contributed by atoms with E-state index in [2.05, 4.69) is 0 Å². The van der Waals surface area contributed by atoms with E-state index < -0.39 is 28.6 Å². The van der Waals surface area contributed by atoms with Crippen molar-refractivity contribution < 1.29 is 28.8 Å². The molecule has 2 aromatic carbocycles. The van der Waals surface area contributed by atoms with Crippen LogP contribution in [-0.2, 0) is 4.57 Å². The molecule has 0 saturated carbocycles. The van der Waals surface area contributed by atoms with Gasteiger partial charge in [-0.3, -0.25) is 24.8 Å². The second-order valence-electron chi connectivity index (χ2n) is 5.26. The SMILES string of the molecule is CCOc1ccc(P(=O)(O)c2ccc(OCC)c([N+](=O)[O-])c2)cc1[N+](=O)[O-]. The molecule has 0 heterocycles. The number of nitrogens with zero attached hydrogens (tertiary/aromatic N) is 2. The average molecular weight is 396 g/mol. The number of nitro groups is 2. The number of nitro benzene ring substituents is 2. The minimum Gasteiger partial charge on any atom is -0.487 e. The van der Waals surface area contributed by atoms with Crippen molar-refractivity contribution in [3.63, 3.8) is 0 Å². The molecule has 0 bridgehead atoms. The Labute approximate surface area is 154 Å². The Bertz CT molecular complexity index is 859. The molecule has 0 aliphatic rings. The normalized spacial score (nSPS) is 11.1. The van der Waals surface area contributed by atoms with Crippen molar-refractivity contribution in [2.45, 2.75) is 13.8 Å². The fourth-order valence-electron chi connectivity index (χ4n) is 2.38. The zero-order valence-corrected chi connectivity index (χ0v) is 15.4. The minimum atomic E-state index is -4.33. The molecule has 0 aromatic heterocycles. The van der Waals surface area contributed by atoms with Gasteiger partial charge in [0.1, 0.15) is 0 Å². The van der Waals surface area contributed by atoms with E-state index in [-0.39, 0.29) is 35.3 Å². The third kappa shape index (κ3) is 4.24. The summed E-state index contributed by atoms with van der Waals surface area (Å²) in [5.41, 5.74) is -0.937. The highest BCUT2D eigenvalue weighted by Gasteiger charge is 2.31.